The number of rotatable bonds is 4. The van der Waals surface area contributed by atoms with Gasteiger partial charge in [-0.3, -0.25) is 10.2 Å². The molecule has 1 aliphatic carbocycles. The first-order valence-electron chi connectivity index (χ1n) is 7.74. The van der Waals surface area contributed by atoms with Crippen LogP contribution >= 0.6 is 11.3 Å². The third kappa shape index (κ3) is 3.40. The summed E-state index contributed by atoms with van der Waals surface area (Å²) in [5, 5.41) is 10.7. The molecule has 0 aromatic carbocycles. The molecule has 1 heterocycles. The molecule has 0 saturated heterocycles. The molecule has 4 N–H and O–H groups in total. The molecule has 0 aliphatic heterocycles. The van der Waals surface area contributed by atoms with Crippen molar-refractivity contribution in [1.29, 1.82) is 5.41 Å². The Morgan fingerprint density at radius 1 is 1.41 bits per heavy atom. The summed E-state index contributed by atoms with van der Waals surface area (Å²) < 4.78 is 0. The van der Waals surface area contributed by atoms with Gasteiger partial charge in [0, 0.05) is 17.0 Å². The maximum absolute atomic E-state index is 13.0. The second-order valence-corrected chi connectivity index (χ2v) is 7.33. The van der Waals surface area contributed by atoms with Crippen LogP contribution in [-0.4, -0.2) is 33.8 Å². The summed E-state index contributed by atoms with van der Waals surface area (Å²) >= 11 is 1.50. The number of hydrogen-bond acceptors (Lipinski definition) is 4. The lowest BCUT2D eigenvalue weighted by Crippen LogP contribution is -2.45. The minimum atomic E-state index is -0.174. The minimum Gasteiger partial charge on any atom is -0.370 e. The molecule has 0 radical (unpaired) electrons. The lowest BCUT2D eigenvalue weighted by Gasteiger charge is -2.34. The topological polar surface area (TPSA) is 95.1 Å². The summed E-state index contributed by atoms with van der Waals surface area (Å²) in [7, 11) is 0. The van der Waals surface area contributed by atoms with E-state index in [2.05, 4.69) is 10.3 Å². The maximum Gasteiger partial charge on any atom is 0.232 e. The molecular weight excluding hydrogens is 298 g/mol. The van der Waals surface area contributed by atoms with E-state index in [0.29, 0.717) is 5.13 Å². The highest BCUT2D eigenvalue weighted by molar-refractivity contribution is 7.15. The summed E-state index contributed by atoms with van der Waals surface area (Å²) in [4.78, 5) is 20.6. The molecule has 1 aromatic heterocycles. The van der Waals surface area contributed by atoms with Gasteiger partial charge in [0.25, 0.3) is 0 Å². The summed E-state index contributed by atoms with van der Waals surface area (Å²) in [6, 6.07) is 0.345. The van der Waals surface area contributed by atoms with Crippen LogP contribution in [0.1, 0.15) is 57.0 Å². The zero-order valence-corrected chi connectivity index (χ0v) is 14.5. The lowest BCUT2D eigenvalue weighted by atomic mass is 9.89. The summed E-state index contributed by atoms with van der Waals surface area (Å²) in [6.07, 6.45) is 2.78. The Morgan fingerprint density at radius 2 is 2.05 bits per heavy atom. The standard InChI is InChI=1S/C15H25N5OS/c1-8(2)20(9(3)4)13(21)10-6-5-7-11-12(10)18-15(22-11)19-14(16)17/h8-10H,5-7H2,1-4H3,(H4,16,17,18,19). The molecule has 0 spiro atoms. The van der Waals surface area contributed by atoms with Gasteiger partial charge in [0.1, 0.15) is 0 Å². The molecule has 7 heteroatoms. The van der Waals surface area contributed by atoms with E-state index in [1.54, 1.807) is 0 Å². The Balaban J connectivity index is 2.29. The molecule has 0 bridgehead atoms. The SMILES string of the molecule is CC(C)N(C(=O)C1CCCc2sc(NC(=N)N)nc21)C(C)C. The number of fused-ring (bicyclic) bond motifs is 1. The Labute approximate surface area is 135 Å². The van der Waals surface area contributed by atoms with Gasteiger partial charge in [-0.15, -0.1) is 11.3 Å². The molecular formula is C15H25N5OS. The van der Waals surface area contributed by atoms with Gasteiger partial charge in [0.05, 0.1) is 11.6 Å². The Bertz CT molecular complexity index is 558. The molecule has 0 saturated carbocycles. The Morgan fingerprint density at radius 3 is 2.59 bits per heavy atom. The normalized spacial score (nSPS) is 17.5. The van der Waals surface area contributed by atoms with Crippen molar-refractivity contribution >= 4 is 28.3 Å². The van der Waals surface area contributed by atoms with Gasteiger partial charge in [-0.05, 0) is 47.0 Å². The molecule has 1 amide bonds. The van der Waals surface area contributed by atoms with Crippen molar-refractivity contribution in [2.75, 3.05) is 5.32 Å². The van der Waals surface area contributed by atoms with Crippen LogP contribution in [-0.2, 0) is 11.2 Å². The smallest absolute Gasteiger partial charge is 0.232 e. The van der Waals surface area contributed by atoms with Crippen LogP contribution in [0.3, 0.4) is 0 Å². The van der Waals surface area contributed by atoms with Gasteiger partial charge < -0.3 is 16.0 Å². The molecule has 122 valence electrons. The van der Waals surface area contributed by atoms with E-state index in [4.69, 9.17) is 11.1 Å². The first-order chi connectivity index (χ1) is 10.3. The van der Waals surface area contributed by atoms with Gasteiger partial charge in [-0.25, -0.2) is 4.98 Å². The molecule has 1 atom stereocenters. The van der Waals surface area contributed by atoms with Crippen molar-refractivity contribution in [3.05, 3.63) is 10.6 Å². The van der Waals surface area contributed by atoms with Crippen molar-refractivity contribution in [3.8, 4) is 0 Å². The average Bonchev–Trinajstić information content (AvgIpc) is 2.78. The maximum atomic E-state index is 13.0. The number of carbonyl (C=O) groups excluding carboxylic acids is 1. The van der Waals surface area contributed by atoms with Crippen LogP contribution in [0.15, 0.2) is 0 Å². The highest BCUT2D eigenvalue weighted by atomic mass is 32.1. The number of guanidine groups is 1. The first kappa shape index (κ1) is 16.7. The fraction of sp³-hybridized carbons (Fsp3) is 0.667. The molecule has 6 nitrogen and oxygen atoms in total. The quantitative estimate of drug-likeness (QED) is 0.586. The van der Waals surface area contributed by atoms with E-state index in [1.165, 1.54) is 11.3 Å². The van der Waals surface area contributed by atoms with Crippen LogP contribution < -0.4 is 11.1 Å². The third-order valence-electron chi connectivity index (χ3n) is 3.86. The van der Waals surface area contributed by atoms with Crippen molar-refractivity contribution in [2.24, 2.45) is 5.73 Å². The molecule has 1 aliphatic rings. The van der Waals surface area contributed by atoms with Crippen LogP contribution in [0.4, 0.5) is 5.13 Å². The second-order valence-electron chi connectivity index (χ2n) is 6.24. The number of aromatic nitrogens is 1. The molecule has 22 heavy (non-hydrogen) atoms. The highest BCUT2D eigenvalue weighted by Crippen LogP contribution is 2.38. The van der Waals surface area contributed by atoms with Crippen LogP contribution in [0, 0.1) is 5.41 Å². The number of hydrogen-bond donors (Lipinski definition) is 3. The molecule has 1 aromatic rings. The largest absolute Gasteiger partial charge is 0.370 e. The van der Waals surface area contributed by atoms with Crippen molar-refractivity contribution in [2.45, 2.75) is 65.0 Å². The van der Waals surface area contributed by atoms with Gasteiger partial charge in [0.2, 0.25) is 5.91 Å². The van der Waals surface area contributed by atoms with E-state index in [-0.39, 0.29) is 29.9 Å². The predicted molar refractivity (Wildman–Crippen MR) is 90.4 cm³/mol. The lowest BCUT2D eigenvalue weighted by molar-refractivity contribution is -0.136. The third-order valence-corrected chi connectivity index (χ3v) is 4.91. The van der Waals surface area contributed by atoms with E-state index in [0.717, 1.165) is 29.8 Å². The average molecular weight is 323 g/mol. The summed E-state index contributed by atoms with van der Waals surface area (Å²) in [6.45, 7) is 8.19. The van der Waals surface area contributed by atoms with E-state index < -0.39 is 0 Å². The van der Waals surface area contributed by atoms with Crippen LogP contribution in [0.2, 0.25) is 0 Å². The van der Waals surface area contributed by atoms with Crippen molar-refractivity contribution in [1.82, 2.24) is 9.88 Å². The Hall–Kier alpha value is -1.63. The van der Waals surface area contributed by atoms with Crippen molar-refractivity contribution < 1.29 is 4.79 Å². The van der Waals surface area contributed by atoms with E-state index in [1.807, 2.05) is 32.6 Å². The van der Waals surface area contributed by atoms with Gasteiger partial charge >= 0.3 is 0 Å². The number of aryl methyl sites for hydroxylation is 1. The minimum absolute atomic E-state index is 0.125. The number of amides is 1. The number of nitrogens with two attached hydrogens (primary N) is 1. The van der Waals surface area contributed by atoms with Crippen LogP contribution in [0.5, 0.6) is 0 Å². The molecule has 2 rings (SSSR count). The highest BCUT2D eigenvalue weighted by Gasteiger charge is 2.34. The van der Waals surface area contributed by atoms with Gasteiger partial charge in [-0.1, -0.05) is 0 Å². The second kappa shape index (κ2) is 6.64. The van der Waals surface area contributed by atoms with Gasteiger partial charge in [-0.2, -0.15) is 0 Å². The van der Waals surface area contributed by atoms with E-state index >= 15 is 0 Å². The summed E-state index contributed by atoms with van der Waals surface area (Å²) in [5.74, 6) is -0.141. The van der Waals surface area contributed by atoms with Crippen molar-refractivity contribution in [3.63, 3.8) is 0 Å². The number of thiazole rings is 1. The molecule has 1 unspecified atom stereocenters. The number of anilines is 1. The predicted octanol–water partition coefficient (Wildman–Crippen LogP) is 2.51. The number of nitrogens with zero attached hydrogens (tertiary/aromatic N) is 2. The zero-order chi connectivity index (χ0) is 16.4. The Kier molecular flexibility index (Phi) is 5.05. The fourth-order valence-electron chi connectivity index (χ4n) is 3.11. The number of carbonyl (C=O) groups is 1. The summed E-state index contributed by atoms with van der Waals surface area (Å²) in [5.41, 5.74) is 6.24. The van der Waals surface area contributed by atoms with Crippen LogP contribution in [0.25, 0.3) is 0 Å². The monoisotopic (exact) mass is 323 g/mol. The molecule has 0 fully saturated rings. The first-order valence-corrected chi connectivity index (χ1v) is 8.55. The fourth-order valence-corrected chi connectivity index (χ4v) is 4.19. The van der Waals surface area contributed by atoms with Gasteiger partial charge in [0.15, 0.2) is 11.1 Å². The number of nitrogens with one attached hydrogen (secondary N) is 2. The van der Waals surface area contributed by atoms with E-state index in [9.17, 15) is 4.79 Å². The zero-order valence-electron chi connectivity index (χ0n) is 13.6.